The summed E-state index contributed by atoms with van der Waals surface area (Å²) in [5.74, 6) is 0.404. The number of ether oxygens (including phenoxy) is 2. The molecule has 4 fully saturated rings. The fraction of sp³-hybridized carbons (Fsp3) is 0.692. The highest BCUT2D eigenvalue weighted by molar-refractivity contribution is 7.87. The normalized spacial score (nSPS) is 40.6. The Bertz CT molecular complexity index is 1270. The number of hydrogen-bond acceptors (Lipinski definition) is 8. The fourth-order valence-electron chi connectivity index (χ4n) is 8.29. The molecule has 8 atom stereocenters. The Morgan fingerprint density at radius 1 is 1.18 bits per heavy atom. The van der Waals surface area contributed by atoms with Gasteiger partial charge in [0.1, 0.15) is 6.61 Å². The van der Waals surface area contributed by atoms with Crippen LogP contribution in [-0.2, 0) is 33.4 Å². The third-order valence-corrected chi connectivity index (χ3v) is 10.9. The van der Waals surface area contributed by atoms with Crippen molar-refractivity contribution < 1.29 is 49.3 Å². The largest absolute Gasteiger partial charge is 0.523 e. The number of allylic oxidation sites excluding steroid dienone is 1. The van der Waals surface area contributed by atoms with Gasteiger partial charge in [0.05, 0.1) is 12.4 Å². The lowest BCUT2D eigenvalue weighted by atomic mass is 9.50. The Morgan fingerprint density at radius 3 is 2.68 bits per heavy atom. The summed E-state index contributed by atoms with van der Waals surface area (Å²) in [4.78, 5) is 25.8. The number of hydrogen-bond donors (Lipinski definition) is 0. The first-order valence-corrected chi connectivity index (χ1v) is 14.4. The molecule has 38 heavy (non-hydrogen) atoms. The molecule has 0 bridgehead atoms. The van der Waals surface area contributed by atoms with Gasteiger partial charge >= 0.3 is 15.6 Å². The minimum absolute atomic E-state index is 0.0360. The van der Waals surface area contributed by atoms with Crippen LogP contribution in [0.5, 0.6) is 0 Å². The molecule has 0 N–H and O–H groups in total. The lowest BCUT2D eigenvalue weighted by Gasteiger charge is -2.55. The van der Waals surface area contributed by atoms with E-state index in [1.807, 2.05) is 6.92 Å². The molecule has 208 valence electrons. The van der Waals surface area contributed by atoms with Gasteiger partial charge in [0.2, 0.25) is 6.29 Å². The summed E-state index contributed by atoms with van der Waals surface area (Å²) < 4.78 is 84.2. The summed E-state index contributed by atoms with van der Waals surface area (Å²) in [6, 6.07) is 3.24. The average Bonchev–Trinajstić information content (AvgIpc) is 3.56. The topological polar surface area (TPSA) is 109 Å². The molecule has 0 radical (unpaired) electrons. The molecule has 1 aromatic heterocycles. The van der Waals surface area contributed by atoms with E-state index in [0.29, 0.717) is 36.9 Å². The second-order valence-electron chi connectivity index (χ2n) is 11.4. The molecule has 6 rings (SSSR count). The van der Waals surface area contributed by atoms with Crippen LogP contribution in [0.1, 0.15) is 63.9 Å². The van der Waals surface area contributed by atoms with Crippen LogP contribution in [0.3, 0.4) is 0 Å². The summed E-state index contributed by atoms with van der Waals surface area (Å²) in [5, 5.41) is 0. The summed E-state index contributed by atoms with van der Waals surface area (Å²) in [6.07, 6.45) is 6.04. The van der Waals surface area contributed by atoms with Gasteiger partial charge in [-0.05, 0) is 80.4 Å². The van der Waals surface area contributed by atoms with Crippen LogP contribution in [0.15, 0.2) is 34.5 Å². The molecule has 8 nitrogen and oxygen atoms in total. The van der Waals surface area contributed by atoms with Crippen LogP contribution in [0.25, 0.3) is 0 Å². The molecule has 2 heterocycles. The Hall–Kier alpha value is -2.02. The minimum atomic E-state index is -5.97. The van der Waals surface area contributed by atoms with E-state index in [1.165, 1.54) is 11.8 Å². The highest BCUT2D eigenvalue weighted by atomic mass is 32.2. The number of carbonyl (C=O) groups excluding carboxylic acids is 2. The summed E-state index contributed by atoms with van der Waals surface area (Å²) in [7, 11) is -5.97. The molecule has 3 saturated carbocycles. The molecule has 0 spiro atoms. The molecule has 0 amide bonds. The van der Waals surface area contributed by atoms with E-state index in [1.54, 1.807) is 18.2 Å². The van der Waals surface area contributed by atoms with Crippen LogP contribution in [-0.4, -0.2) is 43.8 Å². The van der Waals surface area contributed by atoms with E-state index in [-0.39, 0.29) is 17.6 Å². The number of alkyl halides is 3. The van der Waals surface area contributed by atoms with Crippen molar-refractivity contribution in [2.24, 2.45) is 29.1 Å². The van der Waals surface area contributed by atoms with Crippen molar-refractivity contribution in [3.05, 3.63) is 35.8 Å². The summed E-state index contributed by atoms with van der Waals surface area (Å²) >= 11 is 0. The summed E-state index contributed by atoms with van der Waals surface area (Å²) in [6.45, 7) is 0.605. The van der Waals surface area contributed by atoms with Crippen molar-refractivity contribution in [2.75, 3.05) is 6.61 Å². The van der Waals surface area contributed by atoms with Crippen molar-refractivity contribution in [2.45, 2.75) is 75.4 Å². The minimum Gasteiger partial charge on any atom is -0.464 e. The van der Waals surface area contributed by atoms with Crippen LogP contribution in [0, 0.1) is 29.1 Å². The molecular weight excluding hydrogens is 529 g/mol. The van der Waals surface area contributed by atoms with Gasteiger partial charge in [0, 0.05) is 11.8 Å². The van der Waals surface area contributed by atoms with Crippen LogP contribution in [0.2, 0.25) is 0 Å². The van der Waals surface area contributed by atoms with Gasteiger partial charge in [-0.1, -0.05) is 12.5 Å². The van der Waals surface area contributed by atoms with E-state index in [0.717, 1.165) is 25.7 Å². The lowest BCUT2D eigenvalue weighted by molar-refractivity contribution is -0.188. The first-order valence-electron chi connectivity index (χ1n) is 13.0. The zero-order valence-corrected chi connectivity index (χ0v) is 21.6. The first kappa shape index (κ1) is 26.2. The number of furan rings is 1. The maximum Gasteiger partial charge on any atom is 0.523 e. The monoisotopic (exact) mass is 558 g/mol. The molecule has 1 saturated heterocycles. The third kappa shape index (κ3) is 3.70. The van der Waals surface area contributed by atoms with Crippen molar-refractivity contribution in [3.63, 3.8) is 0 Å². The van der Waals surface area contributed by atoms with Gasteiger partial charge in [0.15, 0.2) is 22.9 Å². The Balaban J connectivity index is 1.33. The molecule has 3 unspecified atom stereocenters. The summed E-state index contributed by atoms with van der Waals surface area (Å²) in [5.41, 5.74) is -6.97. The smallest absolute Gasteiger partial charge is 0.464 e. The lowest BCUT2D eigenvalue weighted by Crippen LogP contribution is -2.60. The van der Waals surface area contributed by atoms with E-state index < -0.39 is 51.4 Å². The van der Waals surface area contributed by atoms with E-state index in [2.05, 4.69) is 4.18 Å². The first-order chi connectivity index (χ1) is 17.9. The van der Waals surface area contributed by atoms with Crippen LogP contribution < -0.4 is 0 Å². The van der Waals surface area contributed by atoms with Gasteiger partial charge in [-0.15, -0.1) is 0 Å². The zero-order valence-electron chi connectivity index (χ0n) is 20.7. The molecule has 4 aliphatic carbocycles. The second kappa shape index (κ2) is 8.74. The number of carbonyl (C=O) groups is 2. The standard InChI is InChI=1S/C26H29F3O8S/c1-24-9-8-17-16-7-5-15(30)11-14(16)4-6-18(17)19(24)12-22-25(24,37-23(36-22)20-3-2-10-34-20)21(31)13-35-38(32,33)26(27,28)29/h2-3,10-11,16-19,22-23H,4-9,12-13H2,1H3/t16-,17?,18?,19?,22+,23+,24-,25+/m0/s1. The molecule has 1 aromatic rings. The third-order valence-electron chi connectivity index (χ3n) is 9.86. The van der Waals surface area contributed by atoms with Gasteiger partial charge in [-0.25, -0.2) is 0 Å². The second-order valence-corrected chi connectivity index (χ2v) is 13.0. The number of Topliss-reactive ketones (excluding diaryl/α,β-unsaturated/α-hetero) is 1. The number of fused-ring (bicyclic) bond motifs is 7. The molecule has 12 heteroatoms. The molecular formula is C26H29F3O8S. The molecule has 1 aliphatic heterocycles. The van der Waals surface area contributed by atoms with E-state index in [4.69, 9.17) is 13.9 Å². The maximum atomic E-state index is 13.8. The van der Waals surface area contributed by atoms with Gasteiger partial charge in [-0.2, -0.15) is 21.6 Å². The van der Waals surface area contributed by atoms with Gasteiger partial charge in [-0.3, -0.25) is 13.8 Å². The highest BCUT2D eigenvalue weighted by Gasteiger charge is 2.74. The Kier molecular flexibility index (Phi) is 6.03. The zero-order chi connectivity index (χ0) is 27.1. The van der Waals surface area contributed by atoms with Crippen molar-refractivity contribution >= 4 is 21.7 Å². The number of rotatable bonds is 5. The predicted octanol–water partition coefficient (Wildman–Crippen LogP) is 4.62. The van der Waals surface area contributed by atoms with E-state index >= 15 is 0 Å². The fourth-order valence-corrected chi connectivity index (χ4v) is 8.68. The Labute approximate surface area is 218 Å². The maximum absolute atomic E-state index is 13.8. The van der Waals surface area contributed by atoms with Gasteiger partial charge < -0.3 is 13.9 Å². The molecule has 0 aromatic carbocycles. The van der Waals surface area contributed by atoms with Gasteiger partial charge in [0.25, 0.3) is 0 Å². The van der Waals surface area contributed by atoms with Crippen LogP contribution in [0.4, 0.5) is 13.2 Å². The SMILES string of the molecule is C[C@]12CCC3C(CCC4=CC(=O)CC[C@@H]43)C1C[C@H]1O[C@@H](c3ccco3)O[C@]12C(=O)COS(=O)(=O)C(F)(F)F. The molecule has 5 aliphatic rings. The van der Waals surface area contributed by atoms with Crippen molar-refractivity contribution in [1.82, 2.24) is 0 Å². The Morgan fingerprint density at radius 2 is 1.97 bits per heavy atom. The van der Waals surface area contributed by atoms with Crippen molar-refractivity contribution in [1.29, 1.82) is 0 Å². The average molecular weight is 559 g/mol. The predicted molar refractivity (Wildman–Crippen MR) is 124 cm³/mol. The number of ketones is 2. The van der Waals surface area contributed by atoms with E-state index in [9.17, 15) is 31.2 Å². The van der Waals surface area contributed by atoms with Crippen molar-refractivity contribution in [3.8, 4) is 0 Å². The van der Waals surface area contributed by atoms with Crippen LogP contribution >= 0.6 is 0 Å². The quantitative estimate of drug-likeness (QED) is 0.381. The number of halogens is 3. The highest BCUT2D eigenvalue weighted by Crippen LogP contribution is 2.69.